The first-order valence-electron chi connectivity index (χ1n) is 5.68. The number of hydrogen-bond donors (Lipinski definition) is 0. The minimum absolute atomic E-state index is 0.0575. The zero-order chi connectivity index (χ0) is 12.5. The minimum atomic E-state index is -0.515. The molecule has 0 N–H and O–H groups in total. The van der Waals surface area contributed by atoms with Crippen molar-refractivity contribution in [3.8, 4) is 0 Å². The van der Waals surface area contributed by atoms with Crippen molar-refractivity contribution in [1.82, 2.24) is 5.06 Å². The second kappa shape index (κ2) is 4.45. The molecule has 1 aromatic rings. The van der Waals surface area contributed by atoms with Crippen LogP contribution in [0.25, 0.3) is 0 Å². The van der Waals surface area contributed by atoms with Crippen molar-refractivity contribution in [1.29, 1.82) is 0 Å². The van der Waals surface area contributed by atoms with Crippen molar-refractivity contribution in [3.05, 3.63) is 35.6 Å². The largest absolute Gasteiger partial charge is 0.275 e. The van der Waals surface area contributed by atoms with Gasteiger partial charge in [-0.2, -0.15) is 0 Å². The van der Waals surface area contributed by atoms with Gasteiger partial charge in [0.05, 0.1) is 12.5 Å². The van der Waals surface area contributed by atoms with Crippen LogP contribution in [-0.2, 0) is 15.0 Å². The van der Waals surface area contributed by atoms with Gasteiger partial charge in [0.25, 0.3) is 5.91 Å². The van der Waals surface area contributed by atoms with Gasteiger partial charge in [-0.3, -0.25) is 9.63 Å². The quantitative estimate of drug-likeness (QED) is 0.755. The van der Waals surface area contributed by atoms with Crippen molar-refractivity contribution in [2.75, 3.05) is 14.2 Å². The number of halogens is 1. The Balaban J connectivity index is 2.31. The van der Waals surface area contributed by atoms with E-state index in [0.717, 1.165) is 24.8 Å². The fraction of sp³-hybridized carbons (Fsp3) is 0.462. The van der Waals surface area contributed by atoms with E-state index in [2.05, 4.69) is 0 Å². The summed E-state index contributed by atoms with van der Waals surface area (Å²) >= 11 is 0. The fourth-order valence-electron chi connectivity index (χ4n) is 2.31. The van der Waals surface area contributed by atoms with E-state index >= 15 is 0 Å². The molecule has 0 heterocycles. The number of amides is 1. The number of hydroxylamine groups is 2. The summed E-state index contributed by atoms with van der Waals surface area (Å²) in [6.45, 7) is 0. The van der Waals surface area contributed by atoms with E-state index in [1.807, 2.05) is 0 Å². The van der Waals surface area contributed by atoms with E-state index in [-0.39, 0.29) is 11.7 Å². The Morgan fingerprint density at radius 2 is 1.94 bits per heavy atom. The number of benzene rings is 1. The van der Waals surface area contributed by atoms with E-state index in [9.17, 15) is 9.18 Å². The summed E-state index contributed by atoms with van der Waals surface area (Å²) in [7, 11) is 3.07. The normalized spacial score (nSPS) is 17.4. The predicted molar refractivity (Wildman–Crippen MR) is 61.7 cm³/mol. The highest BCUT2D eigenvalue weighted by atomic mass is 19.1. The van der Waals surface area contributed by atoms with Crippen molar-refractivity contribution in [2.45, 2.75) is 24.7 Å². The Hall–Kier alpha value is -1.42. The third-order valence-electron chi connectivity index (χ3n) is 3.57. The van der Waals surface area contributed by atoms with Crippen LogP contribution in [0.2, 0.25) is 0 Å². The molecular weight excluding hydrogens is 221 g/mol. The van der Waals surface area contributed by atoms with Crippen LogP contribution in [0.1, 0.15) is 24.8 Å². The van der Waals surface area contributed by atoms with Crippen LogP contribution in [0, 0.1) is 5.82 Å². The maximum absolute atomic E-state index is 12.9. The minimum Gasteiger partial charge on any atom is -0.275 e. The predicted octanol–water partition coefficient (Wildman–Crippen LogP) is 2.27. The second-order valence-corrected chi connectivity index (χ2v) is 4.43. The average Bonchev–Trinajstić information content (AvgIpc) is 2.29. The molecule has 2 rings (SSSR count). The standard InChI is InChI=1S/C13H16FNO2/c1-15(17-2)12(16)13(8-3-9-13)10-4-6-11(14)7-5-10/h4-7H,3,8-9H2,1-2H3. The molecule has 1 fully saturated rings. The first-order chi connectivity index (χ1) is 8.10. The molecule has 0 aromatic heterocycles. The summed E-state index contributed by atoms with van der Waals surface area (Å²) in [5.41, 5.74) is 0.359. The van der Waals surface area contributed by atoms with Crippen LogP contribution in [0.5, 0.6) is 0 Å². The second-order valence-electron chi connectivity index (χ2n) is 4.43. The van der Waals surface area contributed by atoms with Gasteiger partial charge in [-0.05, 0) is 30.5 Å². The lowest BCUT2D eigenvalue weighted by Gasteiger charge is -2.42. The van der Waals surface area contributed by atoms with Crippen molar-refractivity contribution >= 4 is 5.91 Å². The maximum Gasteiger partial charge on any atom is 0.256 e. The molecule has 17 heavy (non-hydrogen) atoms. The molecule has 0 unspecified atom stereocenters. The molecule has 3 nitrogen and oxygen atoms in total. The SMILES string of the molecule is CON(C)C(=O)C1(c2ccc(F)cc2)CCC1. The van der Waals surface area contributed by atoms with E-state index < -0.39 is 5.41 Å². The first-order valence-corrected chi connectivity index (χ1v) is 5.68. The van der Waals surface area contributed by atoms with Crippen LogP contribution in [0.4, 0.5) is 4.39 Å². The summed E-state index contributed by atoms with van der Waals surface area (Å²) in [5.74, 6) is -0.339. The van der Waals surface area contributed by atoms with E-state index in [1.165, 1.54) is 24.3 Å². The number of hydrogen-bond acceptors (Lipinski definition) is 2. The van der Waals surface area contributed by atoms with Gasteiger partial charge < -0.3 is 0 Å². The molecule has 0 radical (unpaired) electrons. The number of nitrogens with zero attached hydrogens (tertiary/aromatic N) is 1. The highest BCUT2D eigenvalue weighted by molar-refractivity contribution is 5.88. The molecule has 1 aliphatic rings. The molecule has 92 valence electrons. The summed E-state index contributed by atoms with van der Waals surface area (Å²) in [6.07, 6.45) is 2.61. The van der Waals surface area contributed by atoms with Gasteiger partial charge in [-0.1, -0.05) is 18.6 Å². The fourth-order valence-corrected chi connectivity index (χ4v) is 2.31. The summed E-state index contributed by atoms with van der Waals surface area (Å²) in [6, 6.07) is 6.18. The van der Waals surface area contributed by atoms with Gasteiger partial charge in [0.1, 0.15) is 5.82 Å². The number of likely N-dealkylation sites (N-methyl/N-ethyl adjacent to an activating group) is 1. The van der Waals surface area contributed by atoms with Gasteiger partial charge in [-0.25, -0.2) is 9.45 Å². The molecule has 0 spiro atoms. The van der Waals surface area contributed by atoms with Gasteiger partial charge >= 0.3 is 0 Å². The van der Waals surface area contributed by atoms with Crippen LogP contribution < -0.4 is 0 Å². The Kier molecular flexibility index (Phi) is 3.15. The lowest BCUT2D eigenvalue weighted by atomic mass is 9.64. The molecule has 1 saturated carbocycles. The zero-order valence-electron chi connectivity index (χ0n) is 10.1. The number of carbonyl (C=O) groups is 1. The smallest absolute Gasteiger partial charge is 0.256 e. The number of rotatable bonds is 3. The maximum atomic E-state index is 12.9. The first kappa shape index (κ1) is 12.0. The third kappa shape index (κ3) is 1.93. The number of carbonyl (C=O) groups excluding carboxylic acids is 1. The van der Waals surface area contributed by atoms with E-state index in [1.54, 1.807) is 19.2 Å². The van der Waals surface area contributed by atoms with Crippen LogP contribution in [-0.4, -0.2) is 25.1 Å². The lowest BCUT2D eigenvalue weighted by Crippen LogP contribution is -2.49. The monoisotopic (exact) mass is 237 g/mol. The van der Waals surface area contributed by atoms with Crippen molar-refractivity contribution in [3.63, 3.8) is 0 Å². The third-order valence-corrected chi connectivity index (χ3v) is 3.57. The molecule has 4 heteroatoms. The Bertz CT molecular complexity index is 412. The molecule has 0 saturated heterocycles. The molecule has 0 bridgehead atoms. The Morgan fingerprint density at radius 3 is 2.35 bits per heavy atom. The van der Waals surface area contributed by atoms with Gasteiger partial charge in [0.2, 0.25) is 0 Å². The van der Waals surface area contributed by atoms with Crippen LogP contribution >= 0.6 is 0 Å². The van der Waals surface area contributed by atoms with Crippen LogP contribution in [0.3, 0.4) is 0 Å². The van der Waals surface area contributed by atoms with Crippen molar-refractivity contribution < 1.29 is 14.0 Å². The molecule has 0 atom stereocenters. The van der Waals surface area contributed by atoms with Crippen molar-refractivity contribution in [2.24, 2.45) is 0 Å². The van der Waals surface area contributed by atoms with Gasteiger partial charge in [-0.15, -0.1) is 0 Å². The summed E-state index contributed by atoms with van der Waals surface area (Å²) < 4.78 is 12.9. The van der Waals surface area contributed by atoms with Gasteiger partial charge in [0.15, 0.2) is 0 Å². The van der Waals surface area contributed by atoms with E-state index in [0.29, 0.717) is 0 Å². The topological polar surface area (TPSA) is 29.5 Å². The summed E-state index contributed by atoms with van der Waals surface area (Å²) in [4.78, 5) is 17.2. The molecule has 0 aliphatic heterocycles. The molecular formula is C13H16FNO2. The molecule has 1 aliphatic carbocycles. The highest BCUT2D eigenvalue weighted by Gasteiger charge is 2.47. The molecule has 1 aromatic carbocycles. The molecule has 1 amide bonds. The average molecular weight is 237 g/mol. The van der Waals surface area contributed by atoms with Crippen LogP contribution in [0.15, 0.2) is 24.3 Å². The zero-order valence-corrected chi connectivity index (χ0v) is 10.1. The van der Waals surface area contributed by atoms with Gasteiger partial charge in [0, 0.05) is 7.05 Å². The Labute approximate surface area is 100 Å². The lowest BCUT2D eigenvalue weighted by molar-refractivity contribution is -0.179. The summed E-state index contributed by atoms with van der Waals surface area (Å²) in [5, 5.41) is 1.25. The highest BCUT2D eigenvalue weighted by Crippen LogP contribution is 2.45. The van der Waals surface area contributed by atoms with E-state index in [4.69, 9.17) is 4.84 Å². The Morgan fingerprint density at radius 1 is 1.35 bits per heavy atom.